The summed E-state index contributed by atoms with van der Waals surface area (Å²) in [4.78, 5) is 10.6. The fourth-order valence-corrected chi connectivity index (χ4v) is 2.48. The molecule has 1 aromatic heterocycles. The molecule has 2 amide bonds. The lowest BCUT2D eigenvalue weighted by molar-refractivity contribution is 0.249. The van der Waals surface area contributed by atoms with Crippen molar-refractivity contribution < 1.29 is 4.79 Å². The van der Waals surface area contributed by atoms with Crippen LogP contribution in [0.25, 0.3) is 10.9 Å². The highest BCUT2D eigenvalue weighted by molar-refractivity contribution is 5.89. The van der Waals surface area contributed by atoms with Gasteiger partial charge in [0.15, 0.2) is 0 Å². The van der Waals surface area contributed by atoms with Gasteiger partial charge in [-0.3, -0.25) is 0 Å². The van der Waals surface area contributed by atoms with Gasteiger partial charge in [0.25, 0.3) is 0 Å². The number of primary amides is 1. The lowest BCUT2D eigenvalue weighted by Gasteiger charge is -2.07. The molecule has 5 heteroatoms. The normalized spacial score (nSPS) is 11.2. The van der Waals surface area contributed by atoms with E-state index in [9.17, 15) is 4.79 Å². The number of benzene rings is 2. The second-order valence-corrected chi connectivity index (χ2v) is 5.48. The smallest absolute Gasteiger partial charge is 0.332 e. The number of aromatic nitrogens is 1. The molecule has 1 heterocycles. The molecule has 116 valence electrons. The standard InChI is InChI=1S/C18H18N4O/c1-13-2-4-14(5-3-13)12-22-9-8-16-7-6-15(10-17(16)22)11-20-21-18(19)23/h2-11H,12H2,1H3,(H3,19,21,23). The number of hydrazone groups is 1. The second kappa shape index (κ2) is 6.36. The van der Waals surface area contributed by atoms with E-state index >= 15 is 0 Å². The molecule has 0 fully saturated rings. The van der Waals surface area contributed by atoms with Crippen molar-refractivity contribution in [1.82, 2.24) is 9.99 Å². The first-order valence-electron chi connectivity index (χ1n) is 7.35. The van der Waals surface area contributed by atoms with Gasteiger partial charge in [0.1, 0.15) is 0 Å². The van der Waals surface area contributed by atoms with Crippen molar-refractivity contribution >= 4 is 23.1 Å². The Bertz CT molecular complexity index is 862. The molecule has 5 nitrogen and oxygen atoms in total. The molecule has 0 aliphatic carbocycles. The van der Waals surface area contributed by atoms with Crippen molar-refractivity contribution in [3.63, 3.8) is 0 Å². The summed E-state index contributed by atoms with van der Waals surface area (Å²) in [5.41, 5.74) is 11.7. The molecular formula is C18H18N4O. The van der Waals surface area contributed by atoms with Crippen molar-refractivity contribution in [2.24, 2.45) is 10.8 Å². The summed E-state index contributed by atoms with van der Waals surface area (Å²) < 4.78 is 2.19. The Balaban J connectivity index is 1.87. The summed E-state index contributed by atoms with van der Waals surface area (Å²) in [7, 11) is 0. The van der Waals surface area contributed by atoms with Gasteiger partial charge >= 0.3 is 6.03 Å². The Labute approximate surface area is 134 Å². The van der Waals surface area contributed by atoms with Crippen LogP contribution in [0.1, 0.15) is 16.7 Å². The van der Waals surface area contributed by atoms with E-state index in [1.807, 2.05) is 18.2 Å². The largest absolute Gasteiger partial charge is 0.350 e. The minimum absolute atomic E-state index is 0.676. The minimum Gasteiger partial charge on any atom is -0.350 e. The average molecular weight is 306 g/mol. The lowest BCUT2D eigenvalue weighted by atomic mass is 10.1. The molecule has 3 aromatic rings. The van der Waals surface area contributed by atoms with Gasteiger partial charge < -0.3 is 10.3 Å². The predicted molar refractivity (Wildman–Crippen MR) is 92.5 cm³/mol. The quantitative estimate of drug-likeness (QED) is 0.564. The first kappa shape index (κ1) is 14.8. The number of carbonyl (C=O) groups excluding carboxylic acids is 1. The Kier molecular flexibility index (Phi) is 4.10. The fourth-order valence-electron chi connectivity index (χ4n) is 2.48. The topological polar surface area (TPSA) is 72.4 Å². The second-order valence-electron chi connectivity index (χ2n) is 5.48. The number of rotatable bonds is 4. The Morgan fingerprint density at radius 1 is 1.22 bits per heavy atom. The van der Waals surface area contributed by atoms with Crippen LogP contribution >= 0.6 is 0 Å². The number of urea groups is 1. The summed E-state index contributed by atoms with van der Waals surface area (Å²) in [6, 6.07) is 16.0. The number of aryl methyl sites for hydroxylation is 1. The van der Waals surface area contributed by atoms with E-state index in [-0.39, 0.29) is 0 Å². The van der Waals surface area contributed by atoms with Crippen LogP contribution in [0.3, 0.4) is 0 Å². The van der Waals surface area contributed by atoms with Crippen molar-refractivity contribution in [3.8, 4) is 0 Å². The highest BCUT2D eigenvalue weighted by Gasteiger charge is 2.03. The van der Waals surface area contributed by atoms with E-state index in [2.05, 4.69) is 58.5 Å². The van der Waals surface area contributed by atoms with Gasteiger partial charge in [-0.05, 0) is 35.6 Å². The van der Waals surface area contributed by atoms with E-state index < -0.39 is 6.03 Å². The van der Waals surface area contributed by atoms with Crippen LogP contribution in [0.5, 0.6) is 0 Å². The number of amides is 2. The average Bonchev–Trinajstić information content (AvgIpc) is 2.92. The lowest BCUT2D eigenvalue weighted by Crippen LogP contribution is -2.24. The Morgan fingerprint density at radius 3 is 2.74 bits per heavy atom. The summed E-state index contributed by atoms with van der Waals surface area (Å²) in [6.45, 7) is 2.89. The van der Waals surface area contributed by atoms with Crippen molar-refractivity contribution in [1.29, 1.82) is 0 Å². The van der Waals surface area contributed by atoms with E-state index in [0.29, 0.717) is 0 Å². The zero-order chi connectivity index (χ0) is 16.2. The van der Waals surface area contributed by atoms with E-state index in [1.165, 1.54) is 11.1 Å². The maximum atomic E-state index is 10.6. The van der Waals surface area contributed by atoms with Crippen molar-refractivity contribution in [2.45, 2.75) is 13.5 Å². The molecule has 0 aliphatic rings. The molecule has 0 saturated heterocycles. The molecule has 0 aliphatic heterocycles. The van der Waals surface area contributed by atoms with Crippen LogP contribution in [-0.2, 0) is 6.54 Å². The summed E-state index contributed by atoms with van der Waals surface area (Å²) >= 11 is 0. The number of nitrogens with two attached hydrogens (primary N) is 1. The van der Waals surface area contributed by atoms with Gasteiger partial charge in [0.2, 0.25) is 0 Å². The fraction of sp³-hybridized carbons (Fsp3) is 0.111. The molecule has 0 radical (unpaired) electrons. The first-order chi connectivity index (χ1) is 11.1. The van der Waals surface area contributed by atoms with Gasteiger partial charge in [-0.15, -0.1) is 0 Å². The zero-order valence-corrected chi connectivity index (χ0v) is 12.9. The zero-order valence-electron chi connectivity index (χ0n) is 12.9. The van der Waals surface area contributed by atoms with Crippen molar-refractivity contribution in [2.75, 3.05) is 0 Å². The molecule has 3 N–H and O–H groups in total. The maximum Gasteiger partial charge on any atom is 0.332 e. The molecule has 0 saturated carbocycles. The van der Waals surface area contributed by atoms with Gasteiger partial charge in [0, 0.05) is 18.3 Å². The van der Waals surface area contributed by atoms with Crippen molar-refractivity contribution in [3.05, 3.63) is 71.4 Å². The van der Waals surface area contributed by atoms with Gasteiger partial charge in [-0.25, -0.2) is 10.2 Å². The van der Waals surface area contributed by atoms with E-state index in [4.69, 9.17) is 5.73 Å². The summed E-state index contributed by atoms with van der Waals surface area (Å²) in [5, 5.41) is 4.96. The number of hydrogen-bond acceptors (Lipinski definition) is 2. The highest BCUT2D eigenvalue weighted by atomic mass is 16.2. The number of nitrogens with zero attached hydrogens (tertiary/aromatic N) is 2. The minimum atomic E-state index is -0.676. The third kappa shape index (κ3) is 3.58. The Hall–Kier alpha value is -3.08. The molecule has 0 unspecified atom stereocenters. The first-order valence-corrected chi connectivity index (χ1v) is 7.35. The van der Waals surface area contributed by atoms with Gasteiger partial charge in [0.05, 0.1) is 6.21 Å². The number of hydrogen-bond donors (Lipinski definition) is 2. The van der Waals surface area contributed by atoms with Crippen LogP contribution in [-0.4, -0.2) is 16.8 Å². The predicted octanol–water partition coefficient (Wildman–Crippen LogP) is 3.00. The van der Waals surface area contributed by atoms with Gasteiger partial charge in [-0.2, -0.15) is 5.10 Å². The number of carbonyl (C=O) groups is 1. The molecule has 0 atom stereocenters. The molecule has 0 spiro atoms. The van der Waals surface area contributed by atoms with Crippen LogP contribution in [0.2, 0.25) is 0 Å². The third-order valence-electron chi connectivity index (χ3n) is 3.66. The third-order valence-corrected chi connectivity index (χ3v) is 3.66. The van der Waals surface area contributed by atoms with Crippen LogP contribution in [0.4, 0.5) is 4.79 Å². The van der Waals surface area contributed by atoms with Crippen LogP contribution in [0, 0.1) is 6.92 Å². The summed E-state index contributed by atoms with van der Waals surface area (Å²) in [5.74, 6) is 0. The maximum absolute atomic E-state index is 10.6. The molecule has 23 heavy (non-hydrogen) atoms. The summed E-state index contributed by atoms with van der Waals surface area (Å²) in [6.07, 6.45) is 3.65. The number of fused-ring (bicyclic) bond motifs is 1. The molecule has 3 rings (SSSR count). The highest BCUT2D eigenvalue weighted by Crippen LogP contribution is 2.18. The molecule has 2 aromatic carbocycles. The Morgan fingerprint density at radius 2 is 2.00 bits per heavy atom. The SMILES string of the molecule is Cc1ccc(Cn2ccc3ccc(C=NNC(N)=O)cc32)cc1. The van der Waals surface area contributed by atoms with Crippen LogP contribution < -0.4 is 11.2 Å². The van der Waals surface area contributed by atoms with Gasteiger partial charge in [-0.1, -0.05) is 42.0 Å². The number of nitrogens with one attached hydrogen (secondary N) is 1. The van der Waals surface area contributed by atoms with E-state index in [0.717, 1.165) is 23.0 Å². The van der Waals surface area contributed by atoms with Crippen LogP contribution in [0.15, 0.2) is 59.8 Å². The monoisotopic (exact) mass is 306 g/mol. The molecule has 0 bridgehead atoms. The van der Waals surface area contributed by atoms with E-state index in [1.54, 1.807) is 6.21 Å². The molecular weight excluding hydrogens is 288 g/mol.